The Balaban J connectivity index is 1.98. The van der Waals surface area contributed by atoms with Crippen LogP contribution in [0.15, 0.2) is 10.5 Å². The molecule has 0 radical (unpaired) electrons. The van der Waals surface area contributed by atoms with Crippen LogP contribution in [0.4, 0.5) is 0 Å². The lowest BCUT2D eigenvalue weighted by Crippen LogP contribution is -2.30. The summed E-state index contributed by atoms with van der Waals surface area (Å²) in [5.41, 5.74) is 6.87. The van der Waals surface area contributed by atoms with E-state index in [0.29, 0.717) is 11.3 Å². The maximum atomic E-state index is 6.44. The van der Waals surface area contributed by atoms with E-state index in [-0.39, 0.29) is 6.04 Å². The Morgan fingerprint density at radius 3 is 2.32 bits per heavy atom. The zero-order valence-corrected chi connectivity index (χ0v) is 15.0. The van der Waals surface area contributed by atoms with Crippen LogP contribution in [-0.2, 0) is 0 Å². The molecule has 0 aliphatic heterocycles. The van der Waals surface area contributed by atoms with Crippen molar-refractivity contribution in [3.05, 3.63) is 19.8 Å². The number of rotatable bonds is 2. The Morgan fingerprint density at radius 2 is 1.89 bits per heavy atom. The van der Waals surface area contributed by atoms with Crippen LogP contribution in [0, 0.1) is 17.3 Å². The molecule has 1 unspecified atom stereocenters. The molecule has 19 heavy (non-hydrogen) atoms. The summed E-state index contributed by atoms with van der Waals surface area (Å²) in [6.45, 7) is 7.07. The van der Waals surface area contributed by atoms with Gasteiger partial charge in [-0.25, -0.2) is 0 Å². The Kier molecular flexibility index (Phi) is 5.03. The van der Waals surface area contributed by atoms with E-state index >= 15 is 0 Å². The standard InChI is InChI=1S/C15H23BrClNS/c1-15(2,3)10-6-4-9(5-7-10)13(18)12-8-11(16)14(17)19-12/h8-10,13H,4-7,18H2,1-3H3. The maximum absolute atomic E-state index is 6.44. The first kappa shape index (κ1) is 15.8. The third-order valence-corrected chi connectivity index (χ3v) is 7.07. The van der Waals surface area contributed by atoms with Gasteiger partial charge in [0.2, 0.25) is 0 Å². The molecule has 0 saturated heterocycles. The number of thiophene rings is 1. The number of hydrogen-bond acceptors (Lipinski definition) is 2. The summed E-state index contributed by atoms with van der Waals surface area (Å²) in [6, 6.07) is 2.24. The average Bonchev–Trinajstić information content (AvgIpc) is 2.68. The summed E-state index contributed by atoms with van der Waals surface area (Å²) in [5, 5.41) is 0. The van der Waals surface area contributed by atoms with Crippen molar-refractivity contribution < 1.29 is 0 Å². The van der Waals surface area contributed by atoms with Crippen molar-refractivity contribution in [2.75, 3.05) is 0 Å². The predicted molar refractivity (Wildman–Crippen MR) is 88.9 cm³/mol. The Morgan fingerprint density at radius 1 is 1.32 bits per heavy atom. The molecule has 1 aromatic heterocycles. The van der Waals surface area contributed by atoms with Gasteiger partial charge in [-0.3, -0.25) is 0 Å². The lowest BCUT2D eigenvalue weighted by Gasteiger charge is -2.38. The Labute approximate surface area is 134 Å². The lowest BCUT2D eigenvalue weighted by molar-refractivity contribution is 0.140. The molecular weight excluding hydrogens is 342 g/mol. The van der Waals surface area contributed by atoms with Crippen molar-refractivity contribution in [1.29, 1.82) is 0 Å². The average molecular weight is 365 g/mol. The molecule has 4 heteroatoms. The summed E-state index contributed by atoms with van der Waals surface area (Å²) in [7, 11) is 0. The van der Waals surface area contributed by atoms with Crippen LogP contribution in [0.2, 0.25) is 4.34 Å². The van der Waals surface area contributed by atoms with E-state index in [9.17, 15) is 0 Å². The first-order valence-corrected chi connectivity index (χ1v) is 8.98. The third kappa shape index (κ3) is 3.75. The molecule has 2 N–H and O–H groups in total. The van der Waals surface area contributed by atoms with E-state index in [0.717, 1.165) is 14.7 Å². The zero-order chi connectivity index (χ0) is 14.2. The van der Waals surface area contributed by atoms with Crippen LogP contribution >= 0.6 is 38.9 Å². The molecule has 1 saturated carbocycles. The smallest absolute Gasteiger partial charge is 0.107 e. The van der Waals surface area contributed by atoms with Gasteiger partial charge >= 0.3 is 0 Å². The molecule has 0 bridgehead atoms. The molecule has 0 spiro atoms. The van der Waals surface area contributed by atoms with E-state index in [1.54, 1.807) is 11.3 Å². The second-order valence-corrected chi connectivity index (χ2v) is 9.31. The minimum atomic E-state index is 0.148. The van der Waals surface area contributed by atoms with Gasteiger partial charge in [0, 0.05) is 15.4 Å². The molecule has 2 rings (SSSR count). The highest BCUT2D eigenvalue weighted by Crippen LogP contribution is 2.45. The van der Waals surface area contributed by atoms with Crippen molar-refractivity contribution in [1.82, 2.24) is 0 Å². The van der Waals surface area contributed by atoms with E-state index < -0.39 is 0 Å². The van der Waals surface area contributed by atoms with Crippen LogP contribution in [0.1, 0.15) is 57.4 Å². The molecule has 1 nitrogen and oxygen atoms in total. The fourth-order valence-electron chi connectivity index (χ4n) is 3.10. The van der Waals surface area contributed by atoms with Gasteiger partial charge in [0.25, 0.3) is 0 Å². The van der Waals surface area contributed by atoms with Crippen LogP contribution < -0.4 is 5.73 Å². The van der Waals surface area contributed by atoms with Crippen LogP contribution in [0.25, 0.3) is 0 Å². The fraction of sp³-hybridized carbons (Fsp3) is 0.733. The second kappa shape index (κ2) is 6.05. The van der Waals surface area contributed by atoms with E-state index in [2.05, 4.69) is 42.8 Å². The monoisotopic (exact) mass is 363 g/mol. The third-order valence-electron chi connectivity index (χ3n) is 4.50. The van der Waals surface area contributed by atoms with Gasteiger partial charge in [-0.2, -0.15) is 0 Å². The highest BCUT2D eigenvalue weighted by Gasteiger charge is 2.32. The van der Waals surface area contributed by atoms with E-state index in [1.807, 2.05) is 0 Å². The molecule has 108 valence electrons. The topological polar surface area (TPSA) is 26.0 Å². The molecule has 1 aromatic rings. The van der Waals surface area contributed by atoms with Crippen molar-refractivity contribution in [3.63, 3.8) is 0 Å². The molecular formula is C15H23BrClNS. The normalized spacial score (nSPS) is 26.4. The van der Waals surface area contributed by atoms with Crippen LogP contribution in [-0.4, -0.2) is 0 Å². The van der Waals surface area contributed by atoms with Gasteiger partial charge in [-0.15, -0.1) is 11.3 Å². The molecule has 1 aliphatic rings. The highest BCUT2D eigenvalue weighted by atomic mass is 79.9. The predicted octanol–water partition coefficient (Wildman–Crippen LogP) is 6.02. The minimum Gasteiger partial charge on any atom is -0.323 e. The molecule has 1 fully saturated rings. The van der Waals surface area contributed by atoms with Gasteiger partial charge in [0.1, 0.15) is 4.34 Å². The molecule has 1 heterocycles. The van der Waals surface area contributed by atoms with Gasteiger partial charge in [-0.05, 0) is 64.9 Å². The summed E-state index contributed by atoms with van der Waals surface area (Å²) in [6.07, 6.45) is 5.11. The Bertz CT molecular complexity index is 410. The van der Waals surface area contributed by atoms with Crippen molar-refractivity contribution >= 4 is 38.9 Å². The molecule has 1 aliphatic carbocycles. The fourth-order valence-corrected chi connectivity index (χ4v) is 4.94. The Hall–Kier alpha value is 0.430. The van der Waals surface area contributed by atoms with Gasteiger partial charge < -0.3 is 5.73 Å². The number of halogens is 2. The van der Waals surface area contributed by atoms with Crippen LogP contribution in [0.5, 0.6) is 0 Å². The minimum absolute atomic E-state index is 0.148. The number of hydrogen-bond donors (Lipinski definition) is 1. The zero-order valence-electron chi connectivity index (χ0n) is 11.9. The summed E-state index contributed by atoms with van der Waals surface area (Å²) < 4.78 is 1.79. The molecule has 1 atom stereocenters. The first-order chi connectivity index (χ1) is 8.79. The SMILES string of the molecule is CC(C)(C)C1CCC(C(N)c2cc(Br)c(Cl)s2)CC1. The van der Waals surface area contributed by atoms with Crippen molar-refractivity contribution in [3.8, 4) is 0 Å². The van der Waals surface area contributed by atoms with Crippen molar-refractivity contribution in [2.45, 2.75) is 52.5 Å². The summed E-state index contributed by atoms with van der Waals surface area (Å²) in [4.78, 5) is 1.22. The quantitative estimate of drug-likeness (QED) is 0.682. The van der Waals surface area contributed by atoms with Gasteiger partial charge in [0.15, 0.2) is 0 Å². The van der Waals surface area contributed by atoms with E-state index in [1.165, 1.54) is 30.6 Å². The van der Waals surface area contributed by atoms with E-state index in [4.69, 9.17) is 17.3 Å². The maximum Gasteiger partial charge on any atom is 0.107 e. The second-order valence-electron chi connectivity index (χ2n) is 6.77. The van der Waals surface area contributed by atoms with Gasteiger partial charge in [0.05, 0.1) is 0 Å². The number of nitrogens with two attached hydrogens (primary N) is 1. The summed E-state index contributed by atoms with van der Waals surface area (Å²) >= 11 is 11.2. The van der Waals surface area contributed by atoms with Crippen molar-refractivity contribution in [2.24, 2.45) is 23.0 Å². The largest absolute Gasteiger partial charge is 0.323 e. The molecule has 0 amide bonds. The summed E-state index contributed by atoms with van der Waals surface area (Å²) in [5.74, 6) is 1.45. The molecule has 0 aromatic carbocycles. The van der Waals surface area contributed by atoms with Crippen LogP contribution in [0.3, 0.4) is 0 Å². The van der Waals surface area contributed by atoms with Gasteiger partial charge in [-0.1, -0.05) is 32.4 Å². The first-order valence-electron chi connectivity index (χ1n) is 6.99. The lowest BCUT2D eigenvalue weighted by atomic mass is 9.68. The highest BCUT2D eigenvalue weighted by molar-refractivity contribution is 9.10.